The van der Waals surface area contributed by atoms with Crippen molar-refractivity contribution in [3.05, 3.63) is 50.3 Å². The Morgan fingerprint density at radius 3 is 2.56 bits per heavy atom. The van der Waals surface area contributed by atoms with E-state index >= 15 is 0 Å². The Morgan fingerprint density at radius 2 is 1.94 bits per heavy atom. The van der Waals surface area contributed by atoms with E-state index in [1.54, 1.807) is 31.3 Å². The maximum absolute atomic E-state index is 12.1. The number of anilines is 1. The fourth-order valence-electron chi connectivity index (χ4n) is 1.60. The first-order valence-corrected chi connectivity index (χ1v) is 5.57. The van der Waals surface area contributed by atoms with Crippen molar-refractivity contribution in [2.75, 3.05) is 12.4 Å². The first kappa shape index (κ1) is 12.4. The van der Waals surface area contributed by atoms with Crippen LogP contribution in [0.25, 0.3) is 5.69 Å². The topological polar surface area (TPSA) is 68.9 Å². The molecule has 0 aliphatic rings. The smallest absolute Gasteiger partial charge is 0.358 e. The molecule has 0 spiro atoms. The highest BCUT2D eigenvalue weighted by atomic mass is 35.5. The van der Waals surface area contributed by atoms with Crippen LogP contribution in [0, 0.1) is 0 Å². The molecule has 6 nitrogen and oxygen atoms in total. The van der Waals surface area contributed by atoms with Gasteiger partial charge in [-0.3, -0.25) is 4.57 Å². The predicted octanol–water partition coefficient (Wildman–Crippen LogP) is 0.626. The van der Waals surface area contributed by atoms with Gasteiger partial charge in [0.15, 0.2) is 0 Å². The summed E-state index contributed by atoms with van der Waals surface area (Å²) in [4.78, 5) is 27.7. The molecule has 94 valence electrons. The molecule has 1 aromatic carbocycles. The van der Waals surface area contributed by atoms with Gasteiger partial charge >= 0.3 is 11.4 Å². The summed E-state index contributed by atoms with van der Waals surface area (Å²) in [7, 11) is 3.11. The first-order valence-electron chi connectivity index (χ1n) is 5.19. The molecule has 0 aliphatic carbocycles. The van der Waals surface area contributed by atoms with Gasteiger partial charge in [-0.15, -0.1) is 0 Å². The van der Waals surface area contributed by atoms with Gasteiger partial charge in [-0.05, 0) is 12.1 Å². The van der Waals surface area contributed by atoms with E-state index in [-0.39, 0.29) is 5.95 Å². The largest absolute Gasteiger partial charge is 0.359 e. The fourth-order valence-corrected chi connectivity index (χ4v) is 1.82. The molecule has 0 bridgehead atoms. The summed E-state index contributed by atoms with van der Waals surface area (Å²) in [6.45, 7) is 0. The molecule has 0 radical (unpaired) electrons. The molecule has 0 unspecified atom stereocenters. The van der Waals surface area contributed by atoms with Crippen molar-refractivity contribution in [3.63, 3.8) is 0 Å². The number of benzene rings is 1. The van der Waals surface area contributed by atoms with Crippen molar-refractivity contribution >= 4 is 17.5 Å². The quantitative estimate of drug-likeness (QED) is 0.865. The molecule has 2 rings (SSSR count). The Morgan fingerprint density at radius 1 is 1.28 bits per heavy atom. The lowest BCUT2D eigenvalue weighted by Gasteiger charge is -2.10. The summed E-state index contributed by atoms with van der Waals surface area (Å²) in [6.07, 6.45) is 0. The van der Waals surface area contributed by atoms with Gasteiger partial charge in [-0.2, -0.15) is 4.98 Å². The molecule has 18 heavy (non-hydrogen) atoms. The zero-order valence-electron chi connectivity index (χ0n) is 9.85. The third kappa shape index (κ3) is 1.91. The van der Waals surface area contributed by atoms with E-state index in [0.717, 1.165) is 4.57 Å². The van der Waals surface area contributed by atoms with Gasteiger partial charge in [0.1, 0.15) is 0 Å². The second-order valence-corrected chi connectivity index (χ2v) is 4.00. The second-order valence-electron chi connectivity index (χ2n) is 3.60. The Bertz CT molecular complexity index is 705. The second kappa shape index (κ2) is 4.66. The fraction of sp³-hybridized carbons (Fsp3) is 0.182. The lowest BCUT2D eigenvalue weighted by molar-refractivity contribution is 0.702. The summed E-state index contributed by atoms with van der Waals surface area (Å²) in [5.74, 6) is 0.202. The Kier molecular flexibility index (Phi) is 3.20. The van der Waals surface area contributed by atoms with Crippen LogP contribution >= 0.6 is 11.6 Å². The maximum atomic E-state index is 12.1. The van der Waals surface area contributed by atoms with E-state index in [1.165, 1.54) is 11.6 Å². The van der Waals surface area contributed by atoms with Crippen LogP contribution < -0.4 is 16.7 Å². The number of nitrogens with zero attached hydrogens (tertiary/aromatic N) is 3. The van der Waals surface area contributed by atoms with Gasteiger partial charge in [0.05, 0.1) is 10.7 Å². The van der Waals surface area contributed by atoms with Crippen molar-refractivity contribution in [1.82, 2.24) is 14.1 Å². The maximum Gasteiger partial charge on any atom is 0.359 e. The normalized spacial score (nSPS) is 10.4. The molecule has 7 heteroatoms. The SMILES string of the molecule is CNc1nc(=O)n(-c2ccccc2Cl)c(=O)n1C. The van der Waals surface area contributed by atoms with E-state index in [2.05, 4.69) is 10.3 Å². The molecule has 0 saturated carbocycles. The summed E-state index contributed by atoms with van der Waals surface area (Å²) in [5, 5.41) is 2.99. The Hall–Kier alpha value is -2.08. The van der Waals surface area contributed by atoms with Crippen molar-refractivity contribution in [2.24, 2.45) is 7.05 Å². The first-order chi connectivity index (χ1) is 8.56. The summed E-state index contributed by atoms with van der Waals surface area (Å²) in [5.41, 5.74) is -0.858. The summed E-state index contributed by atoms with van der Waals surface area (Å²) >= 11 is 5.98. The predicted molar refractivity (Wildman–Crippen MR) is 69.6 cm³/mol. The number of nitrogens with one attached hydrogen (secondary N) is 1. The van der Waals surface area contributed by atoms with Gasteiger partial charge in [0, 0.05) is 14.1 Å². The van der Waals surface area contributed by atoms with E-state index in [4.69, 9.17) is 11.6 Å². The molecule has 0 amide bonds. The van der Waals surface area contributed by atoms with Crippen LogP contribution in [0.5, 0.6) is 0 Å². The molecule has 2 aromatic rings. The number of hydrogen-bond donors (Lipinski definition) is 1. The minimum Gasteiger partial charge on any atom is -0.358 e. The van der Waals surface area contributed by atoms with Gasteiger partial charge in [0.25, 0.3) is 0 Å². The number of rotatable bonds is 2. The molecule has 1 aromatic heterocycles. The lowest BCUT2D eigenvalue weighted by atomic mass is 10.3. The molecule has 1 N–H and O–H groups in total. The third-order valence-electron chi connectivity index (χ3n) is 2.51. The molecule has 0 saturated heterocycles. The molecule has 1 heterocycles. The average Bonchev–Trinajstić information content (AvgIpc) is 2.36. The monoisotopic (exact) mass is 266 g/mol. The Balaban J connectivity index is 2.83. The minimum absolute atomic E-state index is 0.202. The zero-order valence-corrected chi connectivity index (χ0v) is 10.6. The van der Waals surface area contributed by atoms with E-state index < -0.39 is 11.4 Å². The van der Waals surface area contributed by atoms with Crippen molar-refractivity contribution in [2.45, 2.75) is 0 Å². The third-order valence-corrected chi connectivity index (χ3v) is 2.83. The Labute approximate surface area is 107 Å². The highest BCUT2D eigenvalue weighted by Crippen LogP contribution is 2.16. The van der Waals surface area contributed by atoms with Gasteiger partial charge in [-0.1, -0.05) is 23.7 Å². The zero-order chi connectivity index (χ0) is 13.3. The van der Waals surface area contributed by atoms with E-state index in [9.17, 15) is 9.59 Å². The summed E-state index contributed by atoms with van der Waals surface area (Å²) in [6, 6.07) is 6.61. The molecule has 0 atom stereocenters. The van der Waals surface area contributed by atoms with Crippen LogP contribution in [0.15, 0.2) is 33.9 Å². The van der Waals surface area contributed by atoms with Crippen molar-refractivity contribution in [3.8, 4) is 5.69 Å². The van der Waals surface area contributed by atoms with E-state index in [0.29, 0.717) is 10.7 Å². The van der Waals surface area contributed by atoms with Gasteiger partial charge in [-0.25, -0.2) is 14.2 Å². The van der Waals surface area contributed by atoms with Crippen LogP contribution in [0.2, 0.25) is 5.02 Å². The van der Waals surface area contributed by atoms with Crippen LogP contribution in [-0.2, 0) is 7.05 Å². The van der Waals surface area contributed by atoms with Crippen LogP contribution in [0.1, 0.15) is 0 Å². The molecule has 0 fully saturated rings. The van der Waals surface area contributed by atoms with E-state index in [1.807, 2.05) is 0 Å². The molecule has 0 aliphatic heterocycles. The minimum atomic E-state index is -0.671. The van der Waals surface area contributed by atoms with Crippen LogP contribution in [-0.4, -0.2) is 21.2 Å². The lowest BCUT2D eigenvalue weighted by Crippen LogP contribution is -2.40. The van der Waals surface area contributed by atoms with Gasteiger partial charge < -0.3 is 5.32 Å². The van der Waals surface area contributed by atoms with Crippen LogP contribution in [0.4, 0.5) is 5.95 Å². The van der Waals surface area contributed by atoms with Crippen LogP contribution in [0.3, 0.4) is 0 Å². The number of hydrogen-bond acceptors (Lipinski definition) is 4. The molecular weight excluding hydrogens is 256 g/mol. The van der Waals surface area contributed by atoms with Gasteiger partial charge in [0.2, 0.25) is 5.95 Å². The number of halogens is 1. The van der Waals surface area contributed by atoms with Crippen molar-refractivity contribution in [1.29, 1.82) is 0 Å². The number of para-hydroxylation sites is 1. The number of aromatic nitrogens is 3. The highest BCUT2D eigenvalue weighted by Gasteiger charge is 2.12. The average molecular weight is 267 g/mol. The standard InChI is InChI=1S/C11H11ClN4O2/c1-13-9-14-10(17)16(11(18)15(9)2)8-6-4-3-5-7(8)12/h3-6H,1-2H3,(H,13,14,17). The van der Waals surface area contributed by atoms with Crippen molar-refractivity contribution < 1.29 is 0 Å². The summed E-state index contributed by atoms with van der Waals surface area (Å²) < 4.78 is 2.17. The highest BCUT2D eigenvalue weighted by molar-refractivity contribution is 6.32. The molecular formula is C11H11ClN4O2.